The van der Waals surface area contributed by atoms with Crippen LogP contribution in [0.15, 0.2) is 35.5 Å². The molecule has 2 rings (SSSR count). The molecule has 1 heterocycles. The first-order valence-electron chi connectivity index (χ1n) is 5.64. The molecule has 8 heteroatoms. The van der Waals surface area contributed by atoms with Crippen molar-refractivity contribution < 1.29 is 22.7 Å². The van der Waals surface area contributed by atoms with Gasteiger partial charge in [-0.3, -0.25) is 4.79 Å². The van der Waals surface area contributed by atoms with Crippen LogP contribution in [0, 0.1) is 0 Å². The Labute approximate surface area is 122 Å². The van der Waals surface area contributed by atoms with Gasteiger partial charge in [-0.2, -0.15) is 13.2 Å². The number of hydrogen-bond acceptors (Lipinski definition) is 5. The largest absolute Gasteiger partial charge is 0.467 e. The lowest BCUT2D eigenvalue weighted by Gasteiger charge is -2.09. The smallest absolute Gasteiger partial charge is 0.446 e. The van der Waals surface area contributed by atoms with E-state index in [0.717, 1.165) is 0 Å². The second-order valence-corrected chi connectivity index (χ2v) is 5.01. The minimum atomic E-state index is -4.40. The van der Waals surface area contributed by atoms with Crippen molar-refractivity contribution in [3.05, 3.63) is 36.2 Å². The van der Waals surface area contributed by atoms with Crippen LogP contribution in [0.3, 0.4) is 0 Å². The number of aromatic nitrogens is 2. The van der Waals surface area contributed by atoms with Crippen molar-refractivity contribution in [2.24, 2.45) is 0 Å². The van der Waals surface area contributed by atoms with Crippen LogP contribution in [0.5, 0.6) is 6.01 Å². The fourth-order valence-corrected chi connectivity index (χ4v) is 2.25. The first-order valence-corrected chi connectivity index (χ1v) is 6.46. The molecule has 0 fully saturated rings. The Morgan fingerprint density at radius 1 is 1.24 bits per heavy atom. The summed E-state index contributed by atoms with van der Waals surface area (Å²) in [5, 5.41) is 0. The van der Waals surface area contributed by atoms with Gasteiger partial charge in [0.25, 0.3) is 0 Å². The third kappa shape index (κ3) is 3.94. The first-order chi connectivity index (χ1) is 9.93. The van der Waals surface area contributed by atoms with Gasteiger partial charge in [0.15, 0.2) is 6.29 Å². The number of methoxy groups -OCH3 is 1. The number of hydrogen-bond donors (Lipinski definition) is 0. The third-order valence-corrected chi connectivity index (χ3v) is 3.23. The number of carbonyl (C=O) groups excluding carboxylic acids is 1. The maximum absolute atomic E-state index is 12.3. The molecule has 0 aliphatic heterocycles. The zero-order valence-electron chi connectivity index (χ0n) is 10.7. The Balaban J connectivity index is 2.37. The average Bonchev–Trinajstić information content (AvgIpc) is 2.45. The molecule has 0 saturated heterocycles. The number of rotatable bonds is 4. The highest BCUT2D eigenvalue weighted by Crippen LogP contribution is 2.38. The van der Waals surface area contributed by atoms with E-state index in [2.05, 4.69) is 9.97 Å². The van der Waals surface area contributed by atoms with Crippen LogP contribution in [0.4, 0.5) is 13.2 Å². The molecule has 0 saturated carbocycles. The van der Waals surface area contributed by atoms with Crippen LogP contribution in [-0.2, 0) is 0 Å². The second kappa shape index (κ2) is 6.13. The Morgan fingerprint density at radius 2 is 1.90 bits per heavy atom. The van der Waals surface area contributed by atoms with Gasteiger partial charge >= 0.3 is 11.5 Å². The van der Waals surface area contributed by atoms with Gasteiger partial charge < -0.3 is 4.74 Å². The minimum Gasteiger partial charge on any atom is -0.467 e. The van der Waals surface area contributed by atoms with Gasteiger partial charge in [-0.25, -0.2) is 9.97 Å². The van der Waals surface area contributed by atoms with E-state index in [1.807, 2.05) is 0 Å². The molecule has 0 bridgehead atoms. The van der Waals surface area contributed by atoms with Crippen LogP contribution < -0.4 is 4.74 Å². The van der Waals surface area contributed by atoms with Crippen molar-refractivity contribution in [1.82, 2.24) is 9.97 Å². The molecule has 0 aliphatic carbocycles. The fourth-order valence-electron chi connectivity index (χ4n) is 1.66. The van der Waals surface area contributed by atoms with E-state index in [9.17, 15) is 18.0 Å². The summed E-state index contributed by atoms with van der Waals surface area (Å²) in [6.07, 6.45) is 3.37. The van der Waals surface area contributed by atoms with Gasteiger partial charge in [0.2, 0.25) is 0 Å². The number of aldehydes is 1. The normalized spacial score (nSPS) is 11.2. The number of halogens is 3. The van der Waals surface area contributed by atoms with Crippen molar-refractivity contribution in [2.45, 2.75) is 10.4 Å². The maximum atomic E-state index is 12.3. The van der Waals surface area contributed by atoms with Crippen LogP contribution in [0.25, 0.3) is 11.1 Å². The van der Waals surface area contributed by atoms with Gasteiger partial charge in [-0.05, 0) is 29.5 Å². The van der Waals surface area contributed by atoms with E-state index >= 15 is 0 Å². The van der Waals surface area contributed by atoms with Crippen molar-refractivity contribution in [1.29, 1.82) is 0 Å². The molecule has 4 nitrogen and oxygen atoms in total. The first kappa shape index (κ1) is 15.3. The zero-order valence-corrected chi connectivity index (χ0v) is 11.5. The van der Waals surface area contributed by atoms with Gasteiger partial charge in [-0.1, -0.05) is 6.07 Å². The van der Waals surface area contributed by atoms with Crippen molar-refractivity contribution in [3.8, 4) is 17.1 Å². The number of nitrogens with zero attached hydrogens (tertiary/aromatic N) is 2. The van der Waals surface area contributed by atoms with E-state index < -0.39 is 5.51 Å². The minimum absolute atomic E-state index is 0.0530. The van der Waals surface area contributed by atoms with Gasteiger partial charge in [0.1, 0.15) is 0 Å². The number of thioether (sulfide) groups is 1. The van der Waals surface area contributed by atoms with E-state index in [1.165, 1.54) is 37.7 Å². The molecular formula is C13H9F3N2O2S. The number of alkyl halides is 3. The predicted molar refractivity (Wildman–Crippen MR) is 71.3 cm³/mol. The molecule has 0 unspecified atom stereocenters. The van der Waals surface area contributed by atoms with E-state index in [0.29, 0.717) is 17.4 Å². The third-order valence-electron chi connectivity index (χ3n) is 2.51. The lowest BCUT2D eigenvalue weighted by molar-refractivity contribution is -0.0328. The van der Waals surface area contributed by atoms with Gasteiger partial charge in [-0.15, -0.1) is 0 Å². The zero-order chi connectivity index (χ0) is 15.5. The standard InChI is InChI=1S/C13H9F3N2O2S/c1-20-12-17-5-9(6-18-12)11-3-2-10(4-8(11)7-19)21-13(14,15)16/h2-7H,1H3. The molecule has 110 valence electrons. The van der Waals surface area contributed by atoms with Crippen LogP contribution >= 0.6 is 11.8 Å². The van der Waals surface area contributed by atoms with E-state index in [1.54, 1.807) is 0 Å². The van der Waals surface area contributed by atoms with Crippen LogP contribution in [-0.4, -0.2) is 28.9 Å². The fraction of sp³-hybridized carbons (Fsp3) is 0.154. The molecule has 1 aromatic carbocycles. The molecule has 0 amide bonds. The predicted octanol–water partition coefficient (Wildman–Crippen LogP) is 3.58. The Kier molecular flexibility index (Phi) is 4.46. The molecule has 1 aromatic heterocycles. The van der Waals surface area contributed by atoms with Crippen LogP contribution in [0.2, 0.25) is 0 Å². The molecule has 0 atom stereocenters. The molecule has 0 radical (unpaired) electrons. The van der Waals surface area contributed by atoms with Gasteiger partial charge in [0.05, 0.1) is 7.11 Å². The highest BCUT2D eigenvalue weighted by atomic mass is 32.2. The summed E-state index contributed by atoms with van der Waals surface area (Å²) in [6, 6.07) is 4.08. The lowest BCUT2D eigenvalue weighted by atomic mass is 10.0. The molecular weight excluding hydrogens is 305 g/mol. The number of ether oxygens (including phenoxy) is 1. The van der Waals surface area contributed by atoms with Crippen molar-refractivity contribution in [3.63, 3.8) is 0 Å². The molecule has 21 heavy (non-hydrogen) atoms. The summed E-state index contributed by atoms with van der Waals surface area (Å²) < 4.78 is 41.8. The summed E-state index contributed by atoms with van der Waals surface area (Å²) in [7, 11) is 1.41. The summed E-state index contributed by atoms with van der Waals surface area (Å²) in [4.78, 5) is 18.8. The summed E-state index contributed by atoms with van der Waals surface area (Å²) in [6.45, 7) is 0. The lowest BCUT2D eigenvalue weighted by Crippen LogP contribution is -2.00. The number of benzene rings is 1. The molecule has 2 aromatic rings. The topological polar surface area (TPSA) is 52.1 Å². The summed E-state index contributed by atoms with van der Waals surface area (Å²) in [5.74, 6) is 0. The van der Waals surface area contributed by atoms with Gasteiger partial charge in [0, 0.05) is 28.4 Å². The monoisotopic (exact) mass is 314 g/mol. The molecule has 0 aliphatic rings. The number of carbonyl (C=O) groups is 1. The summed E-state index contributed by atoms with van der Waals surface area (Å²) >= 11 is -0.270. The Morgan fingerprint density at radius 3 is 2.43 bits per heavy atom. The van der Waals surface area contributed by atoms with Crippen molar-refractivity contribution in [2.75, 3.05) is 7.11 Å². The highest BCUT2D eigenvalue weighted by Gasteiger charge is 2.29. The molecule has 0 spiro atoms. The van der Waals surface area contributed by atoms with Crippen LogP contribution in [0.1, 0.15) is 10.4 Å². The SMILES string of the molecule is COc1ncc(-c2ccc(SC(F)(F)F)cc2C=O)cn1. The highest BCUT2D eigenvalue weighted by molar-refractivity contribution is 8.00. The Bertz CT molecular complexity index is 645. The quantitative estimate of drug-likeness (QED) is 0.638. The van der Waals surface area contributed by atoms with E-state index in [-0.39, 0.29) is 28.2 Å². The molecule has 0 N–H and O–H groups in total. The summed E-state index contributed by atoms with van der Waals surface area (Å²) in [5.41, 5.74) is -3.29. The maximum Gasteiger partial charge on any atom is 0.446 e. The Hall–Kier alpha value is -2.09. The second-order valence-electron chi connectivity index (χ2n) is 3.87. The van der Waals surface area contributed by atoms with Crippen molar-refractivity contribution >= 4 is 18.0 Å². The average molecular weight is 314 g/mol. The van der Waals surface area contributed by atoms with E-state index in [4.69, 9.17) is 4.74 Å².